The van der Waals surface area contributed by atoms with Gasteiger partial charge in [-0.15, -0.1) is 0 Å². The van der Waals surface area contributed by atoms with Crippen molar-refractivity contribution in [1.82, 2.24) is 0 Å². The molecule has 0 spiro atoms. The predicted octanol–water partition coefficient (Wildman–Crippen LogP) is 3.95. The van der Waals surface area contributed by atoms with Gasteiger partial charge in [-0.2, -0.15) is 5.26 Å². The number of hydrogen-bond acceptors (Lipinski definition) is 2. The highest BCUT2D eigenvalue weighted by atomic mass is 35.5. The summed E-state index contributed by atoms with van der Waals surface area (Å²) in [5.74, 6) is 0.128. The summed E-state index contributed by atoms with van der Waals surface area (Å²) in [7, 11) is 0. The van der Waals surface area contributed by atoms with Gasteiger partial charge in [-0.1, -0.05) is 35.9 Å². The average Bonchev–Trinajstić information content (AvgIpc) is 3.28. The van der Waals surface area contributed by atoms with Gasteiger partial charge in [0, 0.05) is 16.6 Å². The number of rotatable bonds is 3. The maximum Gasteiger partial charge on any atom is 0.228 e. The first-order valence-electron chi connectivity index (χ1n) is 6.74. The van der Waals surface area contributed by atoms with E-state index in [2.05, 4.69) is 11.4 Å². The molecule has 0 aromatic heterocycles. The minimum atomic E-state index is -0.0457. The van der Waals surface area contributed by atoms with E-state index < -0.39 is 0 Å². The van der Waals surface area contributed by atoms with Gasteiger partial charge >= 0.3 is 0 Å². The molecule has 21 heavy (non-hydrogen) atoms. The first-order chi connectivity index (χ1) is 10.2. The van der Waals surface area contributed by atoms with Crippen molar-refractivity contribution < 1.29 is 4.79 Å². The Bertz CT molecular complexity index is 736. The van der Waals surface area contributed by atoms with Crippen molar-refractivity contribution in [2.45, 2.75) is 12.3 Å². The number of carbonyl (C=O) groups is 1. The quantitative estimate of drug-likeness (QED) is 0.932. The summed E-state index contributed by atoms with van der Waals surface area (Å²) in [5.41, 5.74) is 2.22. The van der Waals surface area contributed by atoms with E-state index in [9.17, 15) is 4.79 Å². The van der Waals surface area contributed by atoms with Crippen LogP contribution in [-0.2, 0) is 4.79 Å². The molecule has 1 N–H and O–H groups in total. The molecule has 1 aliphatic rings. The number of benzene rings is 2. The number of amides is 1. The highest BCUT2D eigenvalue weighted by molar-refractivity contribution is 6.31. The number of nitrogens with one attached hydrogen (secondary N) is 1. The van der Waals surface area contributed by atoms with Gasteiger partial charge in [-0.05, 0) is 42.2 Å². The van der Waals surface area contributed by atoms with Crippen LogP contribution in [0.15, 0.2) is 48.5 Å². The second kappa shape index (κ2) is 5.59. The van der Waals surface area contributed by atoms with Crippen LogP contribution < -0.4 is 5.32 Å². The molecule has 2 aromatic rings. The average molecular weight is 297 g/mol. The molecule has 0 saturated heterocycles. The number of carbonyl (C=O) groups excluding carboxylic acids is 1. The van der Waals surface area contributed by atoms with Gasteiger partial charge in [0.2, 0.25) is 5.91 Å². The van der Waals surface area contributed by atoms with E-state index in [1.165, 1.54) is 0 Å². The fourth-order valence-electron chi connectivity index (χ4n) is 2.51. The largest absolute Gasteiger partial charge is 0.326 e. The Kier molecular flexibility index (Phi) is 3.64. The molecule has 0 heterocycles. The van der Waals surface area contributed by atoms with Gasteiger partial charge in [0.1, 0.15) is 0 Å². The standard InChI is InChI=1S/C17H13ClN2O/c18-16-7-2-1-6-13(16)14-9-15(14)17(21)20-12-5-3-4-11(8-12)10-19/h1-8,14-15H,9H2,(H,20,21). The van der Waals surface area contributed by atoms with Crippen LogP contribution >= 0.6 is 11.6 Å². The Morgan fingerprint density at radius 3 is 2.81 bits per heavy atom. The van der Waals surface area contributed by atoms with E-state index in [0.717, 1.165) is 12.0 Å². The SMILES string of the molecule is N#Cc1cccc(NC(=O)C2CC2c2ccccc2Cl)c1. The summed E-state index contributed by atoms with van der Waals surface area (Å²) in [6, 6.07) is 16.6. The Morgan fingerprint density at radius 1 is 1.24 bits per heavy atom. The molecule has 0 bridgehead atoms. The van der Waals surface area contributed by atoms with Crippen molar-refractivity contribution >= 4 is 23.2 Å². The molecular formula is C17H13ClN2O. The molecular weight excluding hydrogens is 284 g/mol. The van der Waals surface area contributed by atoms with Crippen molar-refractivity contribution in [3.63, 3.8) is 0 Å². The van der Waals surface area contributed by atoms with E-state index in [1.807, 2.05) is 24.3 Å². The van der Waals surface area contributed by atoms with Gasteiger partial charge in [-0.25, -0.2) is 0 Å². The van der Waals surface area contributed by atoms with E-state index >= 15 is 0 Å². The van der Waals surface area contributed by atoms with Crippen LogP contribution in [0.5, 0.6) is 0 Å². The minimum Gasteiger partial charge on any atom is -0.326 e. The van der Waals surface area contributed by atoms with Crippen LogP contribution in [0, 0.1) is 17.2 Å². The highest BCUT2D eigenvalue weighted by Crippen LogP contribution is 2.49. The normalized spacial score (nSPS) is 19.6. The van der Waals surface area contributed by atoms with Crippen molar-refractivity contribution in [3.05, 3.63) is 64.7 Å². The molecule has 1 aliphatic carbocycles. The number of nitriles is 1. The Morgan fingerprint density at radius 2 is 2.05 bits per heavy atom. The molecule has 0 aliphatic heterocycles. The van der Waals surface area contributed by atoms with Crippen LogP contribution in [0.3, 0.4) is 0 Å². The molecule has 2 atom stereocenters. The van der Waals surface area contributed by atoms with Gasteiger partial charge in [-0.3, -0.25) is 4.79 Å². The Labute approximate surface area is 128 Å². The molecule has 1 amide bonds. The van der Waals surface area contributed by atoms with Gasteiger partial charge in [0.25, 0.3) is 0 Å². The molecule has 1 fully saturated rings. The van der Waals surface area contributed by atoms with E-state index in [0.29, 0.717) is 16.3 Å². The van der Waals surface area contributed by atoms with E-state index in [1.54, 1.807) is 24.3 Å². The summed E-state index contributed by atoms with van der Waals surface area (Å²) in [6.07, 6.45) is 0.813. The number of anilines is 1. The van der Waals surface area contributed by atoms with E-state index in [4.69, 9.17) is 16.9 Å². The van der Waals surface area contributed by atoms with Crippen LogP contribution in [-0.4, -0.2) is 5.91 Å². The summed E-state index contributed by atoms with van der Waals surface area (Å²) < 4.78 is 0. The molecule has 2 unspecified atom stereocenters. The van der Waals surface area contributed by atoms with Gasteiger partial charge in [0.15, 0.2) is 0 Å². The van der Waals surface area contributed by atoms with Crippen molar-refractivity contribution in [1.29, 1.82) is 5.26 Å². The number of halogens is 1. The predicted molar refractivity (Wildman–Crippen MR) is 82.1 cm³/mol. The van der Waals surface area contributed by atoms with Crippen molar-refractivity contribution in [2.24, 2.45) is 5.92 Å². The zero-order valence-electron chi connectivity index (χ0n) is 11.2. The first-order valence-corrected chi connectivity index (χ1v) is 7.12. The maximum atomic E-state index is 12.2. The van der Waals surface area contributed by atoms with Crippen LogP contribution in [0.2, 0.25) is 5.02 Å². The first kappa shape index (κ1) is 13.7. The lowest BCUT2D eigenvalue weighted by molar-refractivity contribution is -0.117. The lowest BCUT2D eigenvalue weighted by atomic mass is 10.1. The summed E-state index contributed by atoms with van der Waals surface area (Å²) in [4.78, 5) is 12.2. The Balaban J connectivity index is 1.68. The number of hydrogen-bond donors (Lipinski definition) is 1. The lowest BCUT2D eigenvalue weighted by Gasteiger charge is -2.06. The molecule has 2 aromatic carbocycles. The fraction of sp³-hybridized carbons (Fsp3) is 0.176. The zero-order chi connectivity index (χ0) is 14.8. The summed E-state index contributed by atoms with van der Waals surface area (Å²) in [5, 5.41) is 12.4. The lowest BCUT2D eigenvalue weighted by Crippen LogP contribution is -2.14. The van der Waals surface area contributed by atoms with E-state index in [-0.39, 0.29) is 17.7 Å². The fourth-order valence-corrected chi connectivity index (χ4v) is 2.78. The van der Waals surface area contributed by atoms with Crippen LogP contribution in [0.4, 0.5) is 5.69 Å². The Hall–Kier alpha value is -2.31. The molecule has 4 heteroatoms. The van der Waals surface area contributed by atoms with Gasteiger partial charge < -0.3 is 5.32 Å². The molecule has 0 radical (unpaired) electrons. The monoisotopic (exact) mass is 296 g/mol. The second-order valence-electron chi connectivity index (χ2n) is 5.15. The van der Waals surface area contributed by atoms with Crippen LogP contribution in [0.25, 0.3) is 0 Å². The van der Waals surface area contributed by atoms with Crippen molar-refractivity contribution in [3.8, 4) is 6.07 Å². The second-order valence-corrected chi connectivity index (χ2v) is 5.56. The summed E-state index contributed by atoms with van der Waals surface area (Å²) in [6.45, 7) is 0. The topological polar surface area (TPSA) is 52.9 Å². The smallest absolute Gasteiger partial charge is 0.228 e. The molecule has 3 nitrogen and oxygen atoms in total. The van der Waals surface area contributed by atoms with Crippen molar-refractivity contribution in [2.75, 3.05) is 5.32 Å². The summed E-state index contributed by atoms with van der Waals surface area (Å²) >= 11 is 6.16. The van der Waals surface area contributed by atoms with Gasteiger partial charge in [0.05, 0.1) is 11.6 Å². The maximum absolute atomic E-state index is 12.2. The molecule has 1 saturated carbocycles. The number of nitrogens with zero attached hydrogens (tertiary/aromatic N) is 1. The third-order valence-electron chi connectivity index (χ3n) is 3.69. The van der Waals surface area contributed by atoms with Crippen LogP contribution in [0.1, 0.15) is 23.5 Å². The zero-order valence-corrected chi connectivity index (χ0v) is 12.0. The third-order valence-corrected chi connectivity index (χ3v) is 4.04. The molecule has 104 valence electrons. The minimum absolute atomic E-state index is 0.0185. The highest BCUT2D eigenvalue weighted by Gasteiger charge is 2.44. The third kappa shape index (κ3) is 2.91. The molecule has 3 rings (SSSR count).